The Kier molecular flexibility index (Phi) is 9.93. The fraction of sp³-hybridized carbons (Fsp3) is 0.757. The van der Waals surface area contributed by atoms with Crippen LogP contribution in [0.5, 0.6) is 0 Å². The van der Waals surface area contributed by atoms with Crippen LogP contribution in [0.2, 0.25) is 0 Å². The molecule has 1 aromatic rings. The second-order valence-corrected chi connectivity index (χ2v) is 15.9. The molecule has 0 aliphatic heterocycles. The third-order valence-corrected chi connectivity index (χ3v) is 13.5. The lowest BCUT2D eigenvalue weighted by Gasteiger charge is -2.61. The minimum atomic E-state index is -0.520. The molecule has 5 rings (SSSR count). The predicted molar refractivity (Wildman–Crippen MR) is 170 cm³/mol. The Morgan fingerprint density at radius 3 is 2.20 bits per heavy atom. The summed E-state index contributed by atoms with van der Waals surface area (Å²) in [5.74, 6) is 4.38. The first kappa shape index (κ1) is 30.4. The van der Waals surface area contributed by atoms with E-state index in [0.717, 1.165) is 38.0 Å². The van der Waals surface area contributed by atoms with Crippen molar-refractivity contribution in [2.24, 2.45) is 34.5 Å². The predicted octanol–water partition coefficient (Wildman–Crippen LogP) is 10.2. The van der Waals surface area contributed by atoms with Gasteiger partial charge in [0.2, 0.25) is 0 Å². The van der Waals surface area contributed by atoms with Crippen molar-refractivity contribution in [1.82, 2.24) is 0 Å². The normalized spacial score (nSPS) is 37.0. The van der Waals surface area contributed by atoms with Crippen LogP contribution in [0.25, 0.3) is 0 Å². The molecule has 0 aromatic heterocycles. The molecule has 40 heavy (non-hydrogen) atoms. The van der Waals surface area contributed by atoms with Gasteiger partial charge in [-0.05, 0) is 117 Å². The summed E-state index contributed by atoms with van der Waals surface area (Å²) in [4.78, 5) is 13.9. The standard InChI is InChI=1S/C37H56O2S/c1-35-22-19-30(38)27-29(35)26-28(34-32(35)20-23-36(2)33(34)21-24-37(36,3)39)16-12-9-7-5-4-6-8-10-15-25-40-31-17-13-11-14-18-31/h11,13-14,17-18,27-28,32-34,39H,4-10,12,15-16,19-26H2,1-3H3/t28-,32+,33+,34-,35+,36+,37+/m1/s1. The number of ketones is 1. The van der Waals surface area contributed by atoms with Gasteiger partial charge in [0.1, 0.15) is 0 Å². The summed E-state index contributed by atoms with van der Waals surface area (Å²) in [6.45, 7) is 7.04. The van der Waals surface area contributed by atoms with Crippen LogP contribution >= 0.6 is 11.8 Å². The van der Waals surface area contributed by atoms with Gasteiger partial charge in [0.25, 0.3) is 0 Å². The van der Waals surface area contributed by atoms with Crippen molar-refractivity contribution in [3.8, 4) is 0 Å². The third-order valence-electron chi connectivity index (χ3n) is 12.4. The summed E-state index contributed by atoms with van der Waals surface area (Å²) >= 11 is 1.99. The monoisotopic (exact) mass is 564 g/mol. The number of allylic oxidation sites excluding steroid dienone is 1. The number of thioether (sulfide) groups is 1. The molecule has 222 valence electrons. The molecule has 3 fully saturated rings. The first-order chi connectivity index (χ1) is 19.2. The molecule has 0 amide bonds. The molecule has 1 aromatic carbocycles. The Labute approximate surface area is 249 Å². The Morgan fingerprint density at radius 2 is 1.48 bits per heavy atom. The zero-order valence-corrected chi connectivity index (χ0v) is 26.6. The van der Waals surface area contributed by atoms with E-state index in [1.54, 1.807) is 0 Å². The topological polar surface area (TPSA) is 37.3 Å². The van der Waals surface area contributed by atoms with Gasteiger partial charge in [0.05, 0.1) is 5.60 Å². The van der Waals surface area contributed by atoms with E-state index < -0.39 is 5.60 Å². The summed E-state index contributed by atoms with van der Waals surface area (Å²) in [5.41, 5.74) is 1.25. The van der Waals surface area contributed by atoms with E-state index in [4.69, 9.17) is 0 Å². The number of carbonyl (C=O) groups excluding carboxylic acids is 1. The fourth-order valence-electron chi connectivity index (χ4n) is 9.70. The molecule has 3 heteroatoms. The van der Waals surface area contributed by atoms with Gasteiger partial charge in [0, 0.05) is 11.3 Å². The molecule has 0 saturated heterocycles. The Balaban J connectivity index is 1.06. The quantitative estimate of drug-likeness (QED) is 0.191. The summed E-state index contributed by atoms with van der Waals surface area (Å²) in [5, 5.41) is 11.4. The first-order valence-electron chi connectivity index (χ1n) is 16.9. The highest BCUT2D eigenvalue weighted by atomic mass is 32.2. The molecule has 0 bridgehead atoms. The molecule has 3 saturated carbocycles. The zero-order chi connectivity index (χ0) is 28.2. The van der Waals surface area contributed by atoms with Crippen LogP contribution in [-0.4, -0.2) is 22.2 Å². The van der Waals surface area contributed by atoms with Crippen LogP contribution in [0.3, 0.4) is 0 Å². The number of aliphatic hydroxyl groups is 1. The van der Waals surface area contributed by atoms with Crippen molar-refractivity contribution in [2.75, 3.05) is 5.75 Å². The van der Waals surface area contributed by atoms with Crippen molar-refractivity contribution >= 4 is 17.5 Å². The van der Waals surface area contributed by atoms with E-state index in [1.807, 2.05) is 11.8 Å². The van der Waals surface area contributed by atoms with Crippen molar-refractivity contribution < 1.29 is 9.90 Å². The summed E-state index contributed by atoms with van der Waals surface area (Å²) in [7, 11) is 0. The maximum absolute atomic E-state index is 12.5. The summed E-state index contributed by atoms with van der Waals surface area (Å²) in [6.07, 6.45) is 23.2. The number of fused-ring (bicyclic) bond motifs is 5. The average molecular weight is 565 g/mol. The van der Waals surface area contributed by atoms with Gasteiger partial charge in [0.15, 0.2) is 5.78 Å². The molecule has 2 nitrogen and oxygen atoms in total. The van der Waals surface area contributed by atoms with Gasteiger partial charge in [-0.1, -0.05) is 89.0 Å². The van der Waals surface area contributed by atoms with E-state index in [2.05, 4.69) is 57.2 Å². The van der Waals surface area contributed by atoms with Crippen molar-refractivity contribution in [1.29, 1.82) is 0 Å². The highest BCUT2D eigenvalue weighted by Gasteiger charge is 2.64. The number of unbranched alkanes of at least 4 members (excludes halogenated alkanes) is 8. The SMILES string of the molecule is C[C@]12CCC(=O)C=C1C[C@@H](CCCCCCCCCCCSc1ccccc1)[C@@H]1[C@@H]2CC[C@@]2(C)[C@H]1CC[C@]2(C)O. The molecule has 0 spiro atoms. The van der Waals surface area contributed by atoms with E-state index >= 15 is 0 Å². The lowest BCUT2D eigenvalue weighted by atomic mass is 9.44. The molecule has 0 heterocycles. The Bertz CT molecular complexity index is 1010. The molecule has 0 unspecified atom stereocenters. The highest BCUT2D eigenvalue weighted by molar-refractivity contribution is 7.99. The van der Waals surface area contributed by atoms with Crippen molar-refractivity contribution in [2.45, 2.75) is 140 Å². The van der Waals surface area contributed by atoms with E-state index in [9.17, 15) is 9.90 Å². The number of rotatable bonds is 13. The molecular formula is C37H56O2S. The molecule has 0 radical (unpaired) electrons. The van der Waals surface area contributed by atoms with Crippen LogP contribution in [-0.2, 0) is 4.79 Å². The average Bonchev–Trinajstić information content (AvgIpc) is 3.19. The number of benzene rings is 1. The van der Waals surface area contributed by atoms with Gasteiger partial charge < -0.3 is 5.11 Å². The largest absolute Gasteiger partial charge is 0.390 e. The maximum Gasteiger partial charge on any atom is 0.155 e. The highest BCUT2D eigenvalue weighted by Crippen LogP contribution is 2.69. The first-order valence-corrected chi connectivity index (χ1v) is 17.9. The van der Waals surface area contributed by atoms with Crippen LogP contribution in [0.15, 0.2) is 46.9 Å². The van der Waals surface area contributed by atoms with Gasteiger partial charge in [-0.25, -0.2) is 0 Å². The second-order valence-electron chi connectivity index (χ2n) is 14.7. The molecular weight excluding hydrogens is 508 g/mol. The van der Waals surface area contributed by atoms with Crippen molar-refractivity contribution in [3.05, 3.63) is 42.0 Å². The van der Waals surface area contributed by atoms with Crippen LogP contribution < -0.4 is 0 Å². The van der Waals surface area contributed by atoms with Crippen molar-refractivity contribution in [3.63, 3.8) is 0 Å². The Morgan fingerprint density at radius 1 is 0.825 bits per heavy atom. The molecule has 4 aliphatic rings. The molecule has 4 aliphatic carbocycles. The lowest BCUT2D eigenvalue weighted by molar-refractivity contribution is -0.135. The van der Waals surface area contributed by atoms with E-state index in [1.165, 1.54) is 93.3 Å². The lowest BCUT2D eigenvalue weighted by Crippen LogP contribution is -2.56. The summed E-state index contributed by atoms with van der Waals surface area (Å²) < 4.78 is 0. The second kappa shape index (κ2) is 13.1. The summed E-state index contributed by atoms with van der Waals surface area (Å²) in [6, 6.07) is 10.8. The number of hydrogen-bond donors (Lipinski definition) is 1. The smallest absolute Gasteiger partial charge is 0.155 e. The third kappa shape index (κ3) is 6.31. The maximum atomic E-state index is 12.5. The fourth-order valence-corrected chi connectivity index (χ4v) is 10.6. The Hall–Kier alpha value is -1.06. The van der Waals surface area contributed by atoms with Crippen LogP contribution in [0.4, 0.5) is 0 Å². The van der Waals surface area contributed by atoms with E-state index in [-0.39, 0.29) is 10.8 Å². The molecule has 1 N–H and O–H groups in total. The number of carbonyl (C=O) groups is 1. The minimum Gasteiger partial charge on any atom is -0.390 e. The van der Waals surface area contributed by atoms with Gasteiger partial charge in [-0.15, -0.1) is 11.8 Å². The van der Waals surface area contributed by atoms with Crippen LogP contribution in [0.1, 0.15) is 130 Å². The zero-order valence-electron chi connectivity index (χ0n) is 25.8. The van der Waals surface area contributed by atoms with Crippen LogP contribution in [0, 0.1) is 34.5 Å². The van der Waals surface area contributed by atoms with Gasteiger partial charge in [-0.2, -0.15) is 0 Å². The number of hydrogen-bond acceptors (Lipinski definition) is 3. The van der Waals surface area contributed by atoms with Gasteiger partial charge >= 0.3 is 0 Å². The van der Waals surface area contributed by atoms with E-state index in [0.29, 0.717) is 23.5 Å². The minimum absolute atomic E-state index is 0.0642. The van der Waals surface area contributed by atoms with Gasteiger partial charge in [-0.3, -0.25) is 4.79 Å². The molecule has 7 atom stereocenters.